The van der Waals surface area contributed by atoms with Gasteiger partial charge >= 0.3 is 0 Å². The summed E-state index contributed by atoms with van der Waals surface area (Å²) >= 11 is 0. The van der Waals surface area contributed by atoms with Gasteiger partial charge in [0.05, 0.1) is 0 Å². The van der Waals surface area contributed by atoms with Crippen molar-refractivity contribution in [2.45, 2.75) is 32.2 Å². The fraction of sp³-hybridized carbons (Fsp3) is 0.636. The van der Waals surface area contributed by atoms with Gasteiger partial charge in [-0.2, -0.15) is 4.98 Å². The molecule has 0 aliphatic heterocycles. The molecular formula is C11H18N4. The Morgan fingerprint density at radius 2 is 2.20 bits per heavy atom. The highest BCUT2D eigenvalue weighted by Crippen LogP contribution is 2.28. The quantitative estimate of drug-likeness (QED) is 0.819. The van der Waals surface area contributed by atoms with Gasteiger partial charge in [0.2, 0.25) is 5.95 Å². The second kappa shape index (κ2) is 4.04. The molecule has 4 nitrogen and oxygen atoms in total. The minimum Gasteiger partial charge on any atom is -0.357 e. The van der Waals surface area contributed by atoms with Crippen LogP contribution in [0.1, 0.15) is 24.8 Å². The largest absolute Gasteiger partial charge is 0.357 e. The van der Waals surface area contributed by atoms with Gasteiger partial charge in [0.25, 0.3) is 0 Å². The van der Waals surface area contributed by atoms with E-state index in [-0.39, 0.29) is 0 Å². The molecule has 0 spiro atoms. The molecule has 0 aromatic carbocycles. The molecule has 1 saturated carbocycles. The number of aryl methyl sites for hydroxylation is 1. The van der Waals surface area contributed by atoms with Gasteiger partial charge in [-0.15, -0.1) is 0 Å². The van der Waals surface area contributed by atoms with Crippen molar-refractivity contribution in [1.82, 2.24) is 9.97 Å². The van der Waals surface area contributed by atoms with Gasteiger partial charge in [-0.05, 0) is 26.2 Å². The van der Waals surface area contributed by atoms with E-state index in [9.17, 15) is 0 Å². The van der Waals surface area contributed by atoms with E-state index in [1.54, 1.807) is 0 Å². The van der Waals surface area contributed by atoms with Crippen molar-refractivity contribution in [2.24, 2.45) is 0 Å². The Kier molecular flexibility index (Phi) is 2.75. The molecule has 1 aliphatic rings. The van der Waals surface area contributed by atoms with Crippen molar-refractivity contribution in [3.8, 4) is 0 Å². The van der Waals surface area contributed by atoms with Crippen LogP contribution in [0.15, 0.2) is 6.20 Å². The zero-order valence-electron chi connectivity index (χ0n) is 9.62. The van der Waals surface area contributed by atoms with Crippen LogP contribution in [0.25, 0.3) is 0 Å². The van der Waals surface area contributed by atoms with Crippen molar-refractivity contribution in [1.29, 1.82) is 0 Å². The number of anilines is 2. The Morgan fingerprint density at radius 1 is 1.47 bits per heavy atom. The summed E-state index contributed by atoms with van der Waals surface area (Å²) in [4.78, 5) is 11.0. The second-order valence-electron chi connectivity index (χ2n) is 4.15. The van der Waals surface area contributed by atoms with E-state index >= 15 is 0 Å². The maximum absolute atomic E-state index is 4.50. The summed E-state index contributed by atoms with van der Waals surface area (Å²) in [6.07, 6.45) is 5.80. The Hall–Kier alpha value is -1.32. The zero-order valence-corrected chi connectivity index (χ0v) is 9.62. The first-order valence-corrected chi connectivity index (χ1v) is 5.46. The molecule has 1 fully saturated rings. The van der Waals surface area contributed by atoms with Gasteiger partial charge in [-0.3, -0.25) is 0 Å². The van der Waals surface area contributed by atoms with E-state index < -0.39 is 0 Å². The number of hydrogen-bond donors (Lipinski definition) is 1. The maximum Gasteiger partial charge on any atom is 0.224 e. The fourth-order valence-corrected chi connectivity index (χ4v) is 1.86. The topological polar surface area (TPSA) is 41.1 Å². The van der Waals surface area contributed by atoms with E-state index in [4.69, 9.17) is 0 Å². The molecule has 1 aromatic rings. The molecule has 1 aromatic heterocycles. The third-order valence-electron chi connectivity index (χ3n) is 3.13. The lowest BCUT2D eigenvalue weighted by atomic mass is 9.92. The first-order valence-electron chi connectivity index (χ1n) is 5.46. The molecule has 0 bridgehead atoms. The third kappa shape index (κ3) is 1.89. The molecule has 1 aliphatic carbocycles. The summed E-state index contributed by atoms with van der Waals surface area (Å²) in [6.45, 7) is 2.06. The highest BCUT2D eigenvalue weighted by atomic mass is 15.2. The van der Waals surface area contributed by atoms with E-state index in [0.29, 0.717) is 12.0 Å². The average molecular weight is 206 g/mol. The lowest BCUT2D eigenvalue weighted by Gasteiger charge is -2.36. The first kappa shape index (κ1) is 10.2. The molecule has 0 saturated heterocycles. The smallest absolute Gasteiger partial charge is 0.224 e. The summed E-state index contributed by atoms with van der Waals surface area (Å²) in [5, 5.41) is 2.98. The molecule has 0 unspecified atom stereocenters. The predicted octanol–water partition coefficient (Wildman–Crippen LogP) is 1.82. The minimum atomic E-state index is 0.670. The van der Waals surface area contributed by atoms with Crippen LogP contribution in [-0.2, 0) is 0 Å². The Labute approximate surface area is 90.7 Å². The Balaban J connectivity index is 2.24. The van der Waals surface area contributed by atoms with Crippen LogP contribution in [0, 0.1) is 6.92 Å². The number of nitrogens with zero attached hydrogens (tertiary/aromatic N) is 3. The SMILES string of the molecule is CNc1ncc(C)c(N(C)C2CCC2)n1. The molecule has 15 heavy (non-hydrogen) atoms. The third-order valence-corrected chi connectivity index (χ3v) is 3.13. The normalized spacial score (nSPS) is 15.9. The van der Waals surface area contributed by atoms with Crippen molar-refractivity contribution in [2.75, 3.05) is 24.3 Å². The molecule has 82 valence electrons. The van der Waals surface area contributed by atoms with E-state index in [0.717, 1.165) is 11.4 Å². The standard InChI is InChI=1S/C11H18N4/c1-8-7-13-11(12-2)14-10(8)15(3)9-5-4-6-9/h7,9H,4-6H2,1-3H3,(H,12,13,14). The fourth-order valence-electron chi connectivity index (χ4n) is 1.86. The van der Waals surface area contributed by atoms with E-state index in [2.05, 4.69) is 34.2 Å². The summed E-state index contributed by atoms with van der Waals surface area (Å²) in [6, 6.07) is 0.670. The maximum atomic E-state index is 4.50. The average Bonchev–Trinajstić information content (AvgIpc) is 2.15. The molecular weight excluding hydrogens is 188 g/mol. The molecule has 0 amide bonds. The number of aromatic nitrogens is 2. The Bertz CT molecular complexity index is 346. The van der Waals surface area contributed by atoms with Crippen LogP contribution in [0.3, 0.4) is 0 Å². The van der Waals surface area contributed by atoms with Crippen molar-refractivity contribution >= 4 is 11.8 Å². The number of rotatable bonds is 3. The first-order chi connectivity index (χ1) is 7.22. The summed E-state index contributed by atoms with van der Waals surface area (Å²) < 4.78 is 0. The Morgan fingerprint density at radius 3 is 2.73 bits per heavy atom. The molecule has 1 heterocycles. The van der Waals surface area contributed by atoms with Crippen LogP contribution in [0.2, 0.25) is 0 Å². The van der Waals surface area contributed by atoms with Gasteiger partial charge in [0, 0.05) is 31.9 Å². The monoisotopic (exact) mass is 206 g/mol. The lowest BCUT2D eigenvalue weighted by molar-refractivity contribution is 0.399. The van der Waals surface area contributed by atoms with Crippen molar-refractivity contribution in [3.05, 3.63) is 11.8 Å². The molecule has 1 N–H and O–H groups in total. The number of nitrogens with one attached hydrogen (secondary N) is 1. The summed E-state index contributed by atoms with van der Waals surface area (Å²) in [5.74, 6) is 1.75. The highest BCUT2D eigenvalue weighted by Gasteiger charge is 2.24. The van der Waals surface area contributed by atoms with Gasteiger partial charge in [0.1, 0.15) is 5.82 Å². The van der Waals surface area contributed by atoms with E-state index in [1.807, 2.05) is 13.2 Å². The van der Waals surface area contributed by atoms with Crippen LogP contribution in [0.5, 0.6) is 0 Å². The zero-order chi connectivity index (χ0) is 10.8. The lowest BCUT2D eigenvalue weighted by Crippen LogP contribution is -2.38. The summed E-state index contributed by atoms with van der Waals surface area (Å²) in [7, 11) is 3.97. The highest BCUT2D eigenvalue weighted by molar-refractivity contribution is 5.49. The molecule has 4 heteroatoms. The molecule has 0 atom stereocenters. The van der Waals surface area contributed by atoms with Gasteiger partial charge in [0.15, 0.2) is 0 Å². The minimum absolute atomic E-state index is 0.670. The van der Waals surface area contributed by atoms with Gasteiger partial charge in [-0.25, -0.2) is 4.98 Å². The molecule has 0 radical (unpaired) electrons. The second-order valence-corrected chi connectivity index (χ2v) is 4.15. The molecule has 2 rings (SSSR count). The van der Waals surface area contributed by atoms with Gasteiger partial charge < -0.3 is 10.2 Å². The van der Waals surface area contributed by atoms with Gasteiger partial charge in [-0.1, -0.05) is 0 Å². The predicted molar refractivity (Wildman–Crippen MR) is 62.4 cm³/mol. The van der Waals surface area contributed by atoms with Crippen LogP contribution >= 0.6 is 0 Å². The van der Waals surface area contributed by atoms with Crippen LogP contribution < -0.4 is 10.2 Å². The summed E-state index contributed by atoms with van der Waals surface area (Å²) in [5.41, 5.74) is 1.14. The van der Waals surface area contributed by atoms with Crippen molar-refractivity contribution in [3.63, 3.8) is 0 Å². The van der Waals surface area contributed by atoms with Crippen LogP contribution in [0.4, 0.5) is 11.8 Å². The number of hydrogen-bond acceptors (Lipinski definition) is 4. The van der Waals surface area contributed by atoms with Crippen LogP contribution in [-0.4, -0.2) is 30.1 Å². The van der Waals surface area contributed by atoms with E-state index in [1.165, 1.54) is 19.3 Å². The van der Waals surface area contributed by atoms with Crippen molar-refractivity contribution < 1.29 is 0 Å².